The Morgan fingerprint density at radius 1 is 1.36 bits per heavy atom. The molecule has 1 N–H and O–H groups in total. The number of carbonyl (C=O) groups is 1. The molecule has 0 radical (unpaired) electrons. The number of fused-ring (bicyclic) bond motifs is 1. The van der Waals surface area contributed by atoms with Crippen LogP contribution in [0.4, 0.5) is 0 Å². The number of carbonyl (C=O) groups excluding carboxylic acids is 1. The van der Waals surface area contributed by atoms with Crippen molar-refractivity contribution in [2.45, 2.75) is 45.6 Å². The number of hydrogen-bond acceptors (Lipinski definition) is 4. The maximum Gasteiger partial charge on any atom is 0.342 e. The SMILES string of the molecule is Cc1c(Br)c(CCO)c(OCC[Si](C)(C)C)c2c1COC2=O. The first kappa shape index (κ1) is 17.5. The van der Waals surface area contributed by atoms with E-state index in [-0.39, 0.29) is 12.6 Å². The molecule has 2 rings (SSSR count). The van der Waals surface area contributed by atoms with Gasteiger partial charge >= 0.3 is 5.97 Å². The summed E-state index contributed by atoms with van der Waals surface area (Å²) >= 11 is 3.59. The van der Waals surface area contributed by atoms with Gasteiger partial charge in [-0.1, -0.05) is 35.6 Å². The van der Waals surface area contributed by atoms with E-state index in [1.165, 1.54) is 0 Å². The van der Waals surface area contributed by atoms with E-state index >= 15 is 0 Å². The number of benzene rings is 1. The summed E-state index contributed by atoms with van der Waals surface area (Å²) in [6.45, 7) is 9.71. The molecule has 4 nitrogen and oxygen atoms in total. The van der Waals surface area contributed by atoms with Gasteiger partial charge < -0.3 is 14.6 Å². The van der Waals surface area contributed by atoms with Gasteiger partial charge in [-0.05, 0) is 18.5 Å². The minimum atomic E-state index is -1.22. The molecule has 0 saturated carbocycles. The van der Waals surface area contributed by atoms with Crippen molar-refractivity contribution in [2.75, 3.05) is 13.2 Å². The molecule has 1 aliphatic rings. The fourth-order valence-electron chi connectivity index (χ4n) is 2.49. The number of hydrogen-bond donors (Lipinski definition) is 1. The van der Waals surface area contributed by atoms with Crippen LogP contribution in [0, 0.1) is 6.92 Å². The molecule has 1 heterocycles. The van der Waals surface area contributed by atoms with Gasteiger partial charge in [0, 0.05) is 36.7 Å². The standard InChI is InChI=1S/C16H23BrO4Si/c1-10-12-9-21-16(19)13(12)15(11(5-6-18)14(10)17)20-7-8-22(2,3)4/h18H,5-9H2,1-4H3. The number of esters is 1. The highest BCUT2D eigenvalue weighted by Crippen LogP contribution is 2.41. The highest BCUT2D eigenvalue weighted by atomic mass is 79.9. The summed E-state index contributed by atoms with van der Waals surface area (Å²) in [6, 6.07) is 1.01. The molecule has 122 valence electrons. The molecular weight excluding hydrogens is 364 g/mol. The van der Waals surface area contributed by atoms with Crippen LogP contribution in [-0.2, 0) is 17.8 Å². The normalized spacial score (nSPS) is 14.0. The summed E-state index contributed by atoms with van der Waals surface area (Å²) in [5.41, 5.74) is 3.27. The lowest BCUT2D eigenvalue weighted by atomic mass is 9.97. The molecule has 0 aliphatic carbocycles. The van der Waals surface area contributed by atoms with Crippen molar-refractivity contribution in [2.24, 2.45) is 0 Å². The molecule has 0 unspecified atom stereocenters. The van der Waals surface area contributed by atoms with Gasteiger partial charge in [0.05, 0.1) is 6.61 Å². The Kier molecular flexibility index (Phi) is 5.35. The largest absolute Gasteiger partial charge is 0.493 e. The topological polar surface area (TPSA) is 55.8 Å². The number of cyclic esters (lactones) is 1. The van der Waals surface area contributed by atoms with Crippen molar-refractivity contribution in [1.82, 2.24) is 0 Å². The van der Waals surface area contributed by atoms with Crippen LogP contribution in [0.3, 0.4) is 0 Å². The summed E-state index contributed by atoms with van der Waals surface area (Å²) in [7, 11) is -1.22. The van der Waals surface area contributed by atoms with Gasteiger partial charge in [-0.2, -0.15) is 0 Å². The maximum absolute atomic E-state index is 12.1. The lowest BCUT2D eigenvalue weighted by Gasteiger charge is -2.20. The molecule has 0 aromatic heterocycles. The van der Waals surface area contributed by atoms with E-state index in [2.05, 4.69) is 35.6 Å². The van der Waals surface area contributed by atoms with Gasteiger partial charge in [-0.15, -0.1) is 0 Å². The maximum atomic E-state index is 12.1. The van der Waals surface area contributed by atoms with Crippen molar-refractivity contribution in [3.05, 3.63) is 26.7 Å². The Morgan fingerprint density at radius 2 is 2.05 bits per heavy atom. The van der Waals surface area contributed by atoms with E-state index in [0.717, 1.165) is 27.2 Å². The summed E-state index contributed by atoms with van der Waals surface area (Å²) in [6.07, 6.45) is 0.449. The molecule has 0 atom stereocenters. The molecule has 1 aromatic rings. The Balaban J connectivity index is 2.43. The molecule has 0 spiro atoms. The predicted octanol–water partition coefficient (Wildman–Crippen LogP) is 3.68. The van der Waals surface area contributed by atoms with Crippen LogP contribution >= 0.6 is 15.9 Å². The third kappa shape index (κ3) is 3.55. The fraction of sp³-hybridized carbons (Fsp3) is 0.562. The Labute approximate surface area is 141 Å². The highest BCUT2D eigenvalue weighted by Gasteiger charge is 2.32. The zero-order valence-corrected chi connectivity index (χ0v) is 16.2. The van der Waals surface area contributed by atoms with Gasteiger partial charge in [0.25, 0.3) is 0 Å². The number of halogens is 1. The van der Waals surface area contributed by atoms with E-state index in [1.54, 1.807) is 0 Å². The zero-order chi connectivity index (χ0) is 16.5. The monoisotopic (exact) mass is 386 g/mol. The van der Waals surface area contributed by atoms with Crippen LogP contribution in [0.1, 0.15) is 27.0 Å². The average molecular weight is 387 g/mol. The van der Waals surface area contributed by atoms with Crippen molar-refractivity contribution in [3.8, 4) is 5.75 Å². The van der Waals surface area contributed by atoms with Crippen molar-refractivity contribution in [3.63, 3.8) is 0 Å². The second kappa shape index (κ2) is 6.72. The number of aliphatic hydroxyl groups is 1. The van der Waals surface area contributed by atoms with Crippen LogP contribution in [0.5, 0.6) is 5.75 Å². The van der Waals surface area contributed by atoms with Crippen LogP contribution in [0.2, 0.25) is 25.7 Å². The van der Waals surface area contributed by atoms with Crippen LogP contribution < -0.4 is 4.74 Å². The van der Waals surface area contributed by atoms with Crippen LogP contribution in [0.15, 0.2) is 4.47 Å². The Bertz CT molecular complexity index is 593. The first-order valence-electron chi connectivity index (χ1n) is 7.51. The lowest BCUT2D eigenvalue weighted by Crippen LogP contribution is -2.23. The van der Waals surface area contributed by atoms with Crippen LogP contribution in [0.25, 0.3) is 0 Å². The summed E-state index contributed by atoms with van der Waals surface area (Å²) in [5.74, 6) is 0.259. The Morgan fingerprint density at radius 3 is 2.64 bits per heavy atom. The van der Waals surface area contributed by atoms with Crippen molar-refractivity contribution < 1.29 is 19.4 Å². The first-order valence-corrected chi connectivity index (χ1v) is 12.0. The van der Waals surface area contributed by atoms with Gasteiger partial charge in [-0.25, -0.2) is 4.79 Å². The van der Waals surface area contributed by atoms with E-state index in [9.17, 15) is 9.90 Å². The Hall–Kier alpha value is -0.853. The first-order chi connectivity index (χ1) is 10.3. The third-order valence-corrected chi connectivity index (χ3v) is 6.64. The summed E-state index contributed by atoms with van der Waals surface area (Å²) in [4.78, 5) is 12.1. The van der Waals surface area contributed by atoms with Crippen molar-refractivity contribution in [1.29, 1.82) is 0 Å². The average Bonchev–Trinajstić information content (AvgIpc) is 2.80. The number of aliphatic hydroxyl groups excluding tert-OH is 1. The third-order valence-electron chi connectivity index (χ3n) is 3.86. The van der Waals surface area contributed by atoms with E-state index in [0.29, 0.717) is 30.9 Å². The van der Waals surface area contributed by atoms with Gasteiger partial charge in [0.1, 0.15) is 17.9 Å². The minimum absolute atomic E-state index is 0.0102. The quantitative estimate of drug-likeness (QED) is 0.598. The second-order valence-corrected chi connectivity index (χ2v) is 13.2. The molecule has 0 saturated heterocycles. The number of rotatable bonds is 6. The molecule has 1 aromatic carbocycles. The summed E-state index contributed by atoms with van der Waals surface area (Å²) < 4.78 is 12.1. The zero-order valence-electron chi connectivity index (χ0n) is 13.6. The molecular formula is C16H23BrO4Si. The highest BCUT2D eigenvalue weighted by molar-refractivity contribution is 9.10. The molecule has 0 fully saturated rings. The molecule has 6 heteroatoms. The predicted molar refractivity (Wildman–Crippen MR) is 92.4 cm³/mol. The molecule has 1 aliphatic heterocycles. The summed E-state index contributed by atoms with van der Waals surface area (Å²) in [5, 5.41) is 9.34. The van der Waals surface area contributed by atoms with Gasteiger partial charge in [0.2, 0.25) is 0 Å². The molecule has 0 bridgehead atoms. The van der Waals surface area contributed by atoms with Crippen LogP contribution in [-0.4, -0.2) is 32.4 Å². The minimum Gasteiger partial charge on any atom is -0.493 e. The fourth-order valence-corrected chi connectivity index (χ4v) is 3.83. The van der Waals surface area contributed by atoms with E-state index in [4.69, 9.17) is 9.47 Å². The van der Waals surface area contributed by atoms with Gasteiger partial charge in [0.15, 0.2) is 0 Å². The lowest BCUT2D eigenvalue weighted by molar-refractivity contribution is 0.0532. The van der Waals surface area contributed by atoms with E-state index < -0.39 is 8.07 Å². The second-order valence-electron chi connectivity index (χ2n) is 6.81. The smallest absolute Gasteiger partial charge is 0.342 e. The number of ether oxygens (including phenoxy) is 2. The van der Waals surface area contributed by atoms with Crippen molar-refractivity contribution >= 4 is 30.0 Å². The van der Waals surface area contributed by atoms with Gasteiger partial charge in [-0.3, -0.25) is 0 Å². The van der Waals surface area contributed by atoms with E-state index in [1.807, 2.05) is 6.92 Å². The molecule has 0 amide bonds. The molecule has 22 heavy (non-hydrogen) atoms.